The molecule has 4 aromatic rings. The molecule has 3 aromatic carbocycles. The van der Waals surface area contributed by atoms with Gasteiger partial charge in [-0.1, -0.05) is 48.5 Å². The molecule has 0 aliphatic rings. The molecule has 170 valence electrons. The van der Waals surface area contributed by atoms with Gasteiger partial charge in [-0.3, -0.25) is 4.68 Å². The van der Waals surface area contributed by atoms with Crippen molar-refractivity contribution in [1.29, 1.82) is 0 Å². The highest BCUT2D eigenvalue weighted by Gasteiger charge is 2.20. The van der Waals surface area contributed by atoms with E-state index in [2.05, 4.69) is 12.1 Å². The molecule has 0 aliphatic carbocycles. The molecule has 0 saturated carbocycles. The van der Waals surface area contributed by atoms with Gasteiger partial charge in [0.05, 0.1) is 12.0 Å². The second kappa shape index (κ2) is 9.17. The maximum absolute atomic E-state index is 14.5. The normalized spacial score (nSPS) is 11.5. The van der Waals surface area contributed by atoms with Gasteiger partial charge in [0.2, 0.25) is 10.0 Å². The minimum absolute atomic E-state index is 0.0172. The van der Waals surface area contributed by atoms with Gasteiger partial charge >= 0.3 is 0 Å². The molecule has 1 heterocycles. The lowest BCUT2D eigenvalue weighted by atomic mass is 9.99. The van der Waals surface area contributed by atoms with Crippen molar-refractivity contribution >= 4 is 10.0 Å². The third-order valence-corrected chi connectivity index (χ3v) is 6.49. The number of nitrogens with zero attached hydrogens (tertiary/aromatic N) is 2. The number of sulfonamides is 1. The maximum atomic E-state index is 14.5. The van der Waals surface area contributed by atoms with Gasteiger partial charge in [0.15, 0.2) is 11.6 Å². The molecule has 0 spiro atoms. The zero-order valence-electron chi connectivity index (χ0n) is 18.3. The number of aryl methyl sites for hydroxylation is 2. The van der Waals surface area contributed by atoms with E-state index >= 15 is 0 Å². The molecular formula is C25H24FN3O3S. The van der Waals surface area contributed by atoms with Gasteiger partial charge in [-0.2, -0.15) is 5.10 Å². The zero-order chi connectivity index (χ0) is 23.6. The standard InChI is InChI=1S/C25H24FN3O3S/c1-17-24(20-10-13-23(32-2)22(26)16-20)25(19-8-11-21(12-9-19)33(27,30)31)28-29(17)15-14-18-6-4-3-5-7-18/h3-13,16H,14-15H2,1-2H3,(H2,27,30,31). The summed E-state index contributed by atoms with van der Waals surface area (Å²) in [5.41, 5.74) is 4.82. The minimum atomic E-state index is -3.81. The monoisotopic (exact) mass is 465 g/mol. The van der Waals surface area contributed by atoms with Gasteiger partial charge in [-0.15, -0.1) is 0 Å². The molecule has 33 heavy (non-hydrogen) atoms. The van der Waals surface area contributed by atoms with Crippen LogP contribution < -0.4 is 9.88 Å². The molecule has 0 bridgehead atoms. The SMILES string of the molecule is COc1ccc(-c2c(-c3ccc(S(N)(=O)=O)cc3)nn(CCc3ccccc3)c2C)cc1F. The summed E-state index contributed by atoms with van der Waals surface area (Å²) >= 11 is 0. The van der Waals surface area contributed by atoms with E-state index in [0.717, 1.165) is 17.7 Å². The fourth-order valence-electron chi connectivity index (χ4n) is 3.82. The van der Waals surface area contributed by atoms with Crippen molar-refractivity contribution < 1.29 is 17.5 Å². The van der Waals surface area contributed by atoms with E-state index < -0.39 is 15.8 Å². The number of methoxy groups -OCH3 is 1. The van der Waals surface area contributed by atoms with E-state index in [4.69, 9.17) is 15.0 Å². The Morgan fingerprint density at radius 2 is 1.67 bits per heavy atom. The molecule has 2 N–H and O–H groups in total. The van der Waals surface area contributed by atoms with Gasteiger partial charge in [-0.05, 0) is 48.7 Å². The third-order valence-electron chi connectivity index (χ3n) is 5.56. The first-order chi connectivity index (χ1) is 15.8. The number of halogens is 1. The summed E-state index contributed by atoms with van der Waals surface area (Å²) in [6.45, 7) is 2.58. The highest BCUT2D eigenvalue weighted by molar-refractivity contribution is 7.89. The highest BCUT2D eigenvalue weighted by atomic mass is 32.2. The summed E-state index contributed by atoms with van der Waals surface area (Å²) < 4.78 is 44.8. The van der Waals surface area contributed by atoms with E-state index in [1.165, 1.54) is 30.9 Å². The summed E-state index contributed by atoms with van der Waals surface area (Å²) in [5.74, 6) is -0.311. The molecule has 4 rings (SSSR count). The van der Waals surface area contributed by atoms with E-state index in [9.17, 15) is 12.8 Å². The molecular weight excluding hydrogens is 441 g/mol. The lowest BCUT2D eigenvalue weighted by molar-refractivity contribution is 0.386. The molecule has 1 aromatic heterocycles. The number of rotatable bonds is 7. The van der Waals surface area contributed by atoms with Gasteiger partial charge in [0.1, 0.15) is 5.69 Å². The molecule has 0 atom stereocenters. The van der Waals surface area contributed by atoms with Crippen LogP contribution in [0.5, 0.6) is 5.75 Å². The Morgan fingerprint density at radius 3 is 2.27 bits per heavy atom. The van der Waals surface area contributed by atoms with Crippen LogP contribution in [0.4, 0.5) is 4.39 Å². The van der Waals surface area contributed by atoms with E-state index in [-0.39, 0.29) is 10.6 Å². The Bertz CT molecular complexity index is 1380. The summed E-state index contributed by atoms with van der Waals surface area (Å²) in [4.78, 5) is 0.0172. The number of nitrogens with two attached hydrogens (primary N) is 1. The molecule has 0 radical (unpaired) electrons. The van der Waals surface area contributed by atoms with Gasteiger partial charge < -0.3 is 4.74 Å². The van der Waals surface area contributed by atoms with E-state index in [1.54, 1.807) is 24.3 Å². The number of hydrogen-bond donors (Lipinski definition) is 1. The van der Waals surface area contributed by atoms with Gasteiger partial charge in [-0.25, -0.2) is 17.9 Å². The number of ether oxygens (including phenoxy) is 1. The number of hydrogen-bond acceptors (Lipinski definition) is 4. The lowest BCUT2D eigenvalue weighted by Gasteiger charge is -2.08. The Hall–Kier alpha value is -3.49. The largest absolute Gasteiger partial charge is 0.494 e. The fraction of sp³-hybridized carbons (Fsp3) is 0.160. The number of benzene rings is 3. The summed E-state index contributed by atoms with van der Waals surface area (Å²) in [6.07, 6.45) is 0.781. The van der Waals surface area contributed by atoms with Crippen LogP contribution in [0.25, 0.3) is 22.4 Å². The van der Waals surface area contributed by atoms with Crippen molar-refractivity contribution in [3.8, 4) is 28.1 Å². The van der Waals surface area contributed by atoms with E-state index in [1.807, 2.05) is 29.8 Å². The van der Waals surface area contributed by atoms with Gasteiger partial charge in [0, 0.05) is 23.4 Å². The summed E-state index contributed by atoms with van der Waals surface area (Å²) in [5, 5.41) is 10.1. The average Bonchev–Trinajstić information content (AvgIpc) is 3.14. The first kappa shape index (κ1) is 22.7. The predicted molar refractivity (Wildman–Crippen MR) is 126 cm³/mol. The Balaban J connectivity index is 1.80. The van der Waals surface area contributed by atoms with Gasteiger partial charge in [0.25, 0.3) is 0 Å². The predicted octanol–water partition coefficient (Wildman–Crippen LogP) is 4.56. The van der Waals surface area contributed by atoms with Crippen LogP contribution in [-0.4, -0.2) is 25.3 Å². The average molecular weight is 466 g/mol. The first-order valence-electron chi connectivity index (χ1n) is 10.4. The van der Waals surface area contributed by atoms with Crippen LogP contribution in [0, 0.1) is 12.7 Å². The fourth-order valence-corrected chi connectivity index (χ4v) is 4.33. The molecule has 0 unspecified atom stereocenters. The van der Waals surface area contributed by atoms with E-state index in [0.29, 0.717) is 23.4 Å². The number of primary sulfonamides is 1. The van der Waals surface area contributed by atoms with Crippen LogP contribution in [0.1, 0.15) is 11.3 Å². The molecule has 0 saturated heterocycles. The Labute approximate surface area is 192 Å². The molecule has 0 amide bonds. The van der Waals surface area contributed by atoms with Crippen molar-refractivity contribution in [2.45, 2.75) is 24.8 Å². The van der Waals surface area contributed by atoms with Crippen LogP contribution >= 0.6 is 0 Å². The Kier molecular flexibility index (Phi) is 6.31. The Morgan fingerprint density at radius 1 is 1.00 bits per heavy atom. The molecule has 6 nitrogen and oxygen atoms in total. The first-order valence-corrected chi connectivity index (χ1v) is 11.9. The molecule has 0 aliphatic heterocycles. The quantitative estimate of drug-likeness (QED) is 0.433. The van der Waals surface area contributed by atoms with Crippen LogP contribution in [0.15, 0.2) is 77.7 Å². The molecule has 0 fully saturated rings. The second-order valence-electron chi connectivity index (χ2n) is 7.69. The second-order valence-corrected chi connectivity index (χ2v) is 9.25. The smallest absolute Gasteiger partial charge is 0.238 e. The van der Waals surface area contributed by atoms with Crippen LogP contribution in [0.3, 0.4) is 0 Å². The van der Waals surface area contributed by atoms with Crippen LogP contribution in [0.2, 0.25) is 0 Å². The van der Waals surface area contributed by atoms with Crippen LogP contribution in [-0.2, 0) is 23.0 Å². The van der Waals surface area contributed by atoms with Crippen molar-refractivity contribution in [1.82, 2.24) is 9.78 Å². The summed E-state index contributed by atoms with van der Waals surface area (Å²) in [6, 6.07) is 21.1. The van der Waals surface area contributed by atoms with Crippen molar-refractivity contribution in [3.63, 3.8) is 0 Å². The van der Waals surface area contributed by atoms with Crippen molar-refractivity contribution in [3.05, 3.63) is 89.9 Å². The van der Waals surface area contributed by atoms with Crippen molar-refractivity contribution in [2.24, 2.45) is 5.14 Å². The molecule has 8 heteroatoms. The third kappa shape index (κ3) is 4.81. The zero-order valence-corrected chi connectivity index (χ0v) is 19.1. The number of aromatic nitrogens is 2. The highest BCUT2D eigenvalue weighted by Crippen LogP contribution is 2.36. The lowest BCUT2D eigenvalue weighted by Crippen LogP contribution is -2.11. The van der Waals surface area contributed by atoms with Crippen molar-refractivity contribution in [2.75, 3.05) is 7.11 Å². The minimum Gasteiger partial charge on any atom is -0.494 e. The topological polar surface area (TPSA) is 87.2 Å². The maximum Gasteiger partial charge on any atom is 0.238 e. The summed E-state index contributed by atoms with van der Waals surface area (Å²) in [7, 11) is -2.39.